The van der Waals surface area contributed by atoms with Crippen LogP contribution in [-0.4, -0.2) is 58.1 Å². The summed E-state index contributed by atoms with van der Waals surface area (Å²) in [6.45, 7) is 7.46. The highest BCUT2D eigenvalue weighted by molar-refractivity contribution is 7.83. The second-order valence-corrected chi connectivity index (χ2v) is 8.75. The number of non-ortho nitro benzene ring substituents is 1. The molecule has 1 aliphatic heterocycles. The van der Waals surface area contributed by atoms with Crippen molar-refractivity contribution in [1.82, 2.24) is 9.62 Å². The summed E-state index contributed by atoms with van der Waals surface area (Å²) in [7, 11) is -1.46. The third-order valence-corrected chi connectivity index (χ3v) is 5.21. The molecular formula is C18H27N3O6S. The molecule has 28 heavy (non-hydrogen) atoms. The summed E-state index contributed by atoms with van der Waals surface area (Å²) in [5.74, 6) is 0. The maximum absolute atomic E-state index is 12.1. The van der Waals surface area contributed by atoms with Crippen LogP contribution in [0, 0.1) is 10.1 Å². The molecule has 0 bridgehead atoms. The number of nitrogens with zero attached hydrogens (tertiary/aromatic N) is 2. The summed E-state index contributed by atoms with van der Waals surface area (Å²) in [5.41, 5.74) is -0.545. The van der Waals surface area contributed by atoms with Crippen molar-refractivity contribution in [3.63, 3.8) is 0 Å². The highest BCUT2D eigenvalue weighted by Gasteiger charge is 2.27. The van der Waals surface area contributed by atoms with Crippen LogP contribution < -0.4 is 4.72 Å². The van der Waals surface area contributed by atoms with Crippen molar-refractivity contribution in [3.8, 4) is 0 Å². The number of nitrogens with one attached hydrogen (secondary N) is 1. The van der Waals surface area contributed by atoms with Crippen LogP contribution in [0.1, 0.15) is 33.6 Å². The summed E-state index contributed by atoms with van der Waals surface area (Å²) in [4.78, 5) is 24.3. The van der Waals surface area contributed by atoms with E-state index in [4.69, 9.17) is 9.47 Å². The Morgan fingerprint density at radius 2 is 1.89 bits per heavy atom. The minimum atomic E-state index is -1.46. The Morgan fingerprint density at radius 3 is 2.43 bits per heavy atom. The van der Waals surface area contributed by atoms with Gasteiger partial charge in [0.1, 0.15) is 16.6 Å². The smallest absolute Gasteiger partial charge is 0.410 e. The van der Waals surface area contributed by atoms with E-state index in [9.17, 15) is 19.1 Å². The van der Waals surface area contributed by atoms with Crippen molar-refractivity contribution in [2.24, 2.45) is 0 Å². The number of nitro benzene ring substituents is 1. The number of hydrogen-bond acceptors (Lipinski definition) is 6. The highest BCUT2D eigenvalue weighted by Crippen LogP contribution is 2.17. The molecule has 0 aromatic heterocycles. The van der Waals surface area contributed by atoms with E-state index in [0.29, 0.717) is 31.1 Å². The lowest BCUT2D eigenvalue weighted by molar-refractivity contribution is -0.384. The standard InChI is InChI=1S/C18H27N3O6S/c1-18(2,3)27-17(22)20-11-8-15(9-12-20)26-13-10-19-28(25)16-6-4-14(5-7-16)21(23)24/h4-7,15,19H,8-13H2,1-3H3. The average molecular weight is 413 g/mol. The van der Waals surface area contributed by atoms with Gasteiger partial charge in [0.2, 0.25) is 0 Å². The largest absolute Gasteiger partial charge is 0.444 e. The zero-order chi connectivity index (χ0) is 20.7. The molecule has 0 saturated carbocycles. The van der Waals surface area contributed by atoms with Crippen molar-refractivity contribution in [1.29, 1.82) is 0 Å². The SMILES string of the molecule is CC(C)(C)OC(=O)N1CCC(OCCNS(=O)c2ccc([N+](=O)[O-])cc2)CC1. The Labute approximate surface area is 167 Å². The van der Waals surface area contributed by atoms with Gasteiger partial charge in [-0.2, -0.15) is 0 Å². The number of rotatable bonds is 7. The molecule has 0 radical (unpaired) electrons. The molecule has 1 N–H and O–H groups in total. The fourth-order valence-electron chi connectivity index (χ4n) is 2.67. The molecule has 0 spiro atoms. The predicted molar refractivity (Wildman–Crippen MR) is 104 cm³/mol. The summed E-state index contributed by atoms with van der Waals surface area (Å²) in [6.07, 6.45) is 1.20. The Morgan fingerprint density at radius 1 is 1.29 bits per heavy atom. The van der Waals surface area contributed by atoms with Crippen LogP contribution in [0.4, 0.5) is 10.5 Å². The van der Waals surface area contributed by atoms with Gasteiger partial charge >= 0.3 is 6.09 Å². The van der Waals surface area contributed by atoms with Gasteiger partial charge in [0, 0.05) is 31.8 Å². The van der Waals surface area contributed by atoms with Crippen LogP contribution in [0.15, 0.2) is 29.2 Å². The fourth-order valence-corrected chi connectivity index (χ4v) is 3.48. The van der Waals surface area contributed by atoms with Gasteiger partial charge in [-0.3, -0.25) is 10.1 Å². The van der Waals surface area contributed by atoms with Gasteiger partial charge in [0.25, 0.3) is 5.69 Å². The van der Waals surface area contributed by atoms with Gasteiger partial charge in [-0.1, -0.05) is 0 Å². The molecule has 1 fully saturated rings. The molecule has 1 aromatic rings. The van der Waals surface area contributed by atoms with E-state index in [2.05, 4.69) is 4.72 Å². The van der Waals surface area contributed by atoms with Crippen molar-refractivity contribution in [2.45, 2.75) is 50.2 Å². The van der Waals surface area contributed by atoms with Crippen LogP contribution in [-0.2, 0) is 20.5 Å². The quantitative estimate of drug-likeness (QED) is 0.418. The molecule has 1 atom stereocenters. The molecule has 1 aromatic carbocycles. The van der Waals surface area contributed by atoms with E-state index in [0.717, 1.165) is 12.8 Å². The number of amides is 1. The number of carbonyl (C=O) groups excluding carboxylic acids is 1. The van der Waals surface area contributed by atoms with Gasteiger partial charge in [-0.15, -0.1) is 0 Å². The predicted octanol–water partition coefficient (Wildman–Crippen LogP) is 2.62. The molecule has 1 unspecified atom stereocenters. The van der Waals surface area contributed by atoms with Gasteiger partial charge in [-0.25, -0.2) is 13.7 Å². The zero-order valence-electron chi connectivity index (χ0n) is 16.4. The lowest BCUT2D eigenvalue weighted by Crippen LogP contribution is -2.43. The second-order valence-electron chi connectivity index (χ2n) is 7.45. The van der Waals surface area contributed by atoms with E-state index in [1.807, 2.05) is 20.8 Å². The topological polar surface area (TPSA) is 111 Å². The average Bonchev–Trinajstić information content (AvgIpc) is 2.64. The van der Waals surface area contributed by atoms with E-state index in [-0.39, 0.29) is 17.9 Å². The van der Waals surface area contributed by atoms with Crippen LogP contribution >= 0.6 is 0 Å². The molecular weight excluding hydrogens is 386 g/mol. The molecule has 0 aliphatic carbocycles. The van der Waals surface area contributed by atoms with E-state index in [1.165, 1.54) is 24.3 Å². The molecule has 156 valence electrons. The first kappa shape index (κ1) is 22.3. The van der Waals surface area contributed by atoms with E-state index in [1.54, 1.807) is 4.90 Å². The van der Waals surface area contributed by atoms with Crippen molar-refractivity contribution < 1.29 is 23.4 Å². The van der Waals surface area contributed by atoms with Crippen LogP contribution in [0.3, 0.4) is 0 Å². The second kappa shape index (κ2) is 9.94. The monoisotopic (exact) mass is 413 g/mol. The molecule has 1 amide bonds. The lowest BCUT2D eigenvalue weighted by atomic mass is 10.1. The number of carbonyl (C=O) groups is 1. The molecule has 2 rings (SSSR count). The minimum Gasteiger partial charge on any atom is -0.444 e. The fraction of sp³-hybridized carbons (Fsp3) is 0.611. The number of benzene rings is 1. The molecule has 9 nitrogen and oxygen atoms in total. The van der Waals surface area contributed by atoms with Crippen molar-refractivity contribution in [3.05, 3.63) is 34.4 Å². The molecule has 1 saturated heterocycles. The highest BCUT2D eigenvalue weighted by atomic mass is 32.2. The minimum absolute atomic E-state index is 0.0400. The molecule has 1 heterocycles. The van der Waals surface area contributed by atoms with Crippen LogP contribution in [0.5, 0.6) is 0 Å². The first-order valence-electron chi connectivity index (χ1n) is 9.15. The Balaban J connectivity index is 1.64. The number of hydrogen-bond donors (Lipinski definition) is 1. The number of nitro groups is 1. The molecule has 1 aliphatic rings. The summed E-state index contributed by atoms with van der Waals surface area (Å²) in [6, 6.07) is 5.58. The maximum Gasteiger partial charge on any atom is 0.410 e. The van der Waals surface area contributed by atoms with E-state index >= 15 is 0 Å². The van der Waals surface area contributed by atoms with Crippen molar-refractivity contribution in [2.75, 3.05) is 26.2 Å². The van der Waals surface area contributed by atoms with Gasteiger partial charge in [0.05, 0.1) is 22.5 Å². The van der Waals surface area contributed by atoms with Crippen molar-refractivity contribution >= 4 is 22.8 Å². The van der Waals surface area contributed by atoms with Crippen LogP contribution in [0.2, 0.25) is 0 Å². The maximum atomic E-state index is 12.1. The first-order valence-corrected chi connectivity index (χ1v) is 10.3. The third-order valence-electron chi connectivity index (χ3n) is 4.04. The Bertz CT molecular complexity index is 696. The molecule has 10 heteroatoms. The Hall–Kier alpha value is -2.04. The lowest BCUT2D eigenvalue weighted by Gasteiger charge is -2.33. The number of piperidine rings is 1. The van der Waals surface area contributed by atoms with Crippen LogP contribution in [0.25, 0.3) is 0 Å². The third kappa shape index (κ3) is 7.17. The summed E-state index contributed by atoms with van der Waals surface area (Å²) < 4.78 is 26.1. The van der Waals surface area contributed by atoms with E-state index < -0.39 is 21.5 Å². The summed E-state index contributed by atoms with van der Waals surface area (Å²) in [5, 5.41) is 10.6. The Kier molecular flexibility index (Phi) is 7.90. The number of likely N-dealkylation sites (tertiary alicyclic amines) is 1. The number of ether oxygens (including phenoxy) is 2. The van der Waals surface area contributed by atoms with Gasteiger partial charge in [0.15, 0.2) is 0 Å². The first-order chi connectivity index (χ1) is 13.2. The van der Waals surface area contributed by atoms with Gasteiger partial charge < -0.3 is 14.4 Å². The normalized spacial score (nSPS) is 16.6. The summed E-state index contributed by atoms with van der Waals surface area (Å²) >= 11 is 0. The zero-order valence-corrected chi connectivity index (χ0v) is 17.2. The van der Waals surface area contributed by atoms with Gasteiger partial charge in [-0.05, 0) is 45.7 Å².